The minimum atomic E-state index is -0.0535. The topological polar surface area (TPSA) is 79.9 Å². The van der Waals surface area contributed by atoms with E-state index in [4.69, 9.17) is 9.47 Å². The molecule has 2 saturated heterocycles. The van der Waals surface area contributed by atoms with Crippen molar-refractivity contribution >= 4 is 11.8 Å². The third kappa shape index (κ3) is 5.69. The summed E-state index contributed by atoms with van der Waals surface area (Å²) in [7, 11) is 1.63. The summed E-state index contributed by atoms with van der Waals surface area (Å²) in [5.74, 6) is 1.07. The highest BCUT2D eigenvalue weighted by molar-refractivity contribution is 5.94. The van der Waals surface area contributed by atoms with Crippen LogP contribution >= 0.6 is 0 Å². The number of carbonyl (C=O) groups excluding carboxylic acids is 2. The standard InChI is InChI=1S/C21H31N3O4/c1-27-11-12-28-18-7-2-6-17(13-18)21(26)24-10-4-5-16(15-24)14-23-20(25)19-8-3-9-22-19/h2,6-7,13,16,19,22H,3-5,8-12,14-15H2,1H3,(H,23,25). The van der Waals surface area contributed by atoms with E-state index in [2.05, 4.69) is 10.6 Å². The number of hydrogen-bond acceptors (Lipinski definition) is 5. The minimum absolute atomic E-state index is 0.0191. The second kappa shape index (κ2) is 10.4. The zero-order chi connectivity index (χ0) is 19.8. The average Bonchev–Trinajstić information content (AvgIpc) is 3.27. The van der Waals surface area contributed by atoms with Gasteiger partial charge in [-0.2, -0.15) is 0 Å². The van der Waals surface area contributed by atoms with Crippen molar-refractivity contribution in [3.05, 3.63) is 29.8 Å². The van der Waals surface area contributed by atoms with Crippen LogP contribution in [0.3, 0.4) is 0 Å². The second-order valence-electron chi connectivity index (χ2n) is 7.52. The molecule has 0 aliphatic carbocycles. The van der Waals surface area contributed by atoms with Gasteiger partial charge in [-0.05, 0) is 56.3 Å². The molecule has 2 fully saturated rings. The Balaban J connectivity index is 1.51. The molecule has 2 atom stereocenters. The summed E-state index contributed by atoms with van der Waals surface area (Å²) in [5.41, 5.74) is 0.634. The van der Waals surface area contributed by atoms with Gasteiger partial charge in [-0.15, -0.1) is 0 Å². The molecule has 154 valence electrons. The highest BCUT2D eigenvalue weighted by Gasteiger charge is 2.27. The summed E-state index contributed by atoms with van der Waals surface area (Å²) in [4.78, 5) is 27.0. The van der Waals surface area contributed by atoms with E-state index in [0.717, 1.165) is 38.8 Å². The molecular formula is C21H31N3O4. The monoisotopic (exact) mass is 389 g/mol. The number of ether oxygens (including phenoxy) is 2. The average molecular weight is 389 g/mol. The smallest absolute Gasteiger partial charge is 0.253 e. The van der Waals surface area contributed by atoms with Gasteiger partial charge in [0.25, 0.3) is 5.91 Å². The first-order chi connectivity index (χ1) is 13.7. The second-order valence-corrected chi connectivity index (χ2v) is 7.52. The van der Waals surface area contributed by atoms with Gasteiger partial charge in [0, 0.05) is 32.3 Å². The predicted molar refractivity (Wildman–Crippen MR) is 106 cm³/mol. The van der Waals surface area contributed by atoms with Crippen LogP contribution in [0.15, 0.2) is 24.3 Å². The molecule has 0 bridgehead atoms. The van der Waals surface area contributed by atoms with Gasteiger partial charge in [-0.3, -0.25) is 9.59 Å². The number of methoxy groups -OCH3 is 1. The Labute approximate surface area is 166 Å². The molecule has 2 unspecified atom stereocenters. The highest BCUT2D eigenvalue weighted by atomic mass is 16.5. The van der Waals surface area contributed by atoms with Gasteiger partial charge in [0.05, 0.1) is 12.6 Å². The summed E-state index contributed by atoms with van der Waals surface area (Å²) in [6.45, 7) is 3.93. The van der Waals surface area contributed by atoms with E-state index in [1.807, 2.05) is 23.1 Å². The molecule has 0 aromatic heterocycles. The van der Waals surface area contributed by atoms with E-state index in [1.165, 1.54) is 0 Å². The van der Waals surface area contributed by atoms with Gasteiger partial charge in [-0.1, -0.05) is 6.07 Å². The molecule has 1 aromatic rings. The number of hydrogen-bond donors (Lipinski definition) is 2. The number of nitrogens with one attached hydrogen (secondary N) is 2. The van der Waals surface area contributed by atoms with Crippen molar-refractivity contribution in [3.8, 4) is 5.75 Å². The van der Waals surface area contributed by atoms with Crippen LogP contribution in [-0.4, -0.2) is 69.3 Å². The molecule has 2 amide bonds. The van der Waals surface area contributed by atoms with Gasteiger partial charge >= 0.3 is 0 Å². The maximum atomic E-state index is 12.9. The lowest BCUT2D eigenvalue weighted by molar-refractivity contribution is -0.123. The summed E-state index contributed by atoms with van der Waals surface area (Å²) >= 11 is 0. The van der Waals surface area contributed by atoms with Crippen molar-refractivity contribution < 1.29 is 19.1 Å². The van der Waals surface area contributed by atoms with Crippen molar-refractivity contribution in [1.82, 2.24) is 15.5 Å². The number of piperidine rings is 1. The third-order valence-corrected chi connectivity index (χ3v) is 5.39. The third-order valence-electron chi connectivity index (χ3n) is 5.39. The van der Waals surface area contributed by atoms with Gasteiger partial charge in [0.15, 0.2) is 0 Å². The van der Waals surface area contributed by atoms with Gasteiger partial charge in [-0.25, -0.2) is 0 Å². The molecule has 2 aliphatic heterocycles. The van der Waals surface area contributed by atoms with Crippen LogP contribution in [0, 0.1) is 5.92 Å². The lowest BCUT2D eigenvalue weighted by Crippen LogP contribution is -2.46. The van der Waals surface area contributed by atoms with E-state index in [0.29, 0.717) is 43.5 Å². The maximum absolute atomic E-state index is 12.9. The molecule has 2 aliphatic rings. The maximum Gasteiger partial charge on any atom is 0.253 e. The first-order valence-corrected chi connectivity index (χ1v) is 10.2. The Morgan fingerprint density at radius 2 is 2.14 bits per heavy atom. The molecule has 0 spiro atoms. The zero-order valence-electron chi connectivity index (χ0n) is 16.6. The van der Waals surface area contributed by atoms with Crippen LogP contribution < -0.4 is 15.4 Å². The number of benzene rings is 1. The van der Waals surface area contributed by atoms with E-state index in [9.17, 15) is 9.59 Å². The predicted octanol–water partition coefficient (Wildman–Crippen LogP) is 1.43. The SMILES string of the molecule is COCCOc1cccc(C(=O)N2CCCC(CNC(=O)C3CCCN3)C2)c1. The van der Waals surface area contributed by atoms with Crippen LogP contribution in [-0.2, 0) is 9.53 Å². The Morgan fingerprint density at radius 1 is 1.25 bits per heavy atom. The first-order valence-electron chi connectivity index (χ1n) is 10.2. The van der Waals surface area contributed by atoms with E-state index < -0.39 is 0 Å². The van der Waals surface area contributed by atoms with Crippen LogP contribution in [0.1, 0.15) is 36.0 Å². The van der Waals surface area contributed by atoms with E-state index in [1.54, 1.807) is 13.2 Å². The fraction of sp³-hybridized carbons (Fsp3) is 0.619. The van der Waals surface area contributed by atoms with Crippen molar-refractivity contribution in [2.24, 2.45) is 5.92 Å². The molecule has 3 rings (SSSR count). The van der Waals surface area contributed by atoms with Crippen LogP contribution in [0.2, 0.25) is 0 Å². The van der Waals surface area contributed by atoms with E-state index in [-0.39, 0.29) is 17.9 Å². The first kappa shape index (κ1) is 20.6. The molecule has 28 heavy (non-hydrogen) atoms. The molecule has 2 N–H and O–H groups in total. The highest BCUT2D eigenvalue weighted by Crippen LogP contribution is 2.20. The number of rotatable bonds is 8. The van der Waals surface area contributed by atoms with Crippen molar-refractivity contribution in [2.75, 3.05) is 46.5 Å². The molecule has 2 heterocycles. The molecule has 7 nitrogen and oxygen atoms in total. The number of amides is 2. The minimum Gasteiger partial charge on any atom is -0.491 e. The Bertz CT molecular complexity index is 661. The molecule has 7 heteroatoms. The summed E-state index contributed by atoms with van der Waals surface area (Å²) in [6.07, 6.45) is 3.95. The number of carbonyl (C=O) groups is 2. The van der Waals surface area contributed by atoms with Crippen LogP contribution in [0.4, 0.5) is 0 Å². The molecule has 0 radical (unpaired) electrons. The summed E-state index contributed by atoms with van der Waals surface area (Å²) < 4.78 is 10.6. The molecule has 0 saturated carbocycles. The lowest BCUT2D eigenvalue weighted by atomic mass is 9.97. The quantitative estimate of drug-likeness (QED) is 0.658. The zero-order valence-corrected chi connectivity index (χ0v) is 16.6. The van der Waals surface area contributed by atoms with Crippen molar-refractivity contribution in [2.45, 2.75) is 31.7 Å². The summed E-state index contributed by atoms with van der Waals surface area (Å²) in [6, 6.07) is 7.24. The van der Waals surface area contributed by atoms with Crippen molar-refractivity contribution in [1.29, 1.82) is 0 Å². The number of nitrogens with zero attached hydrogens (tertiary/aromatic N) is 1. The summed E-state index contributed by atoms with van der Waals surface area (Å²) in [5, 5.41) is 6.28. The Morgan fingerprint density at radius 3 is 2.93 bits per heavy atom. The van der Waals surface area contributed by atoms with Gasteiger partial charge < -0.3 is 25.0 Å². The van der Waals surface area contributed by atoms with Gasteiger partial charge in [0.1, 0.15) is 12.4 Å². The molecular weight excluding hydrogens is 358 g/mol. The van der Waals surface area contributed by atoms with Crippen LogP contribution in [0.25, 0.3) is 0 Å². The van der Waals surface area contributed by atoms with E-state index >= 15 is 0 Å². The Kier molecular flexibility index (Phi) is 7.68. The number of likely N-dealkylation sites (tertiary alicyclic amines) is 1. The fourth-order valence-electron chi connectivity index (χ4n) is 3.84. The normalized spacial score (nSPS) is 22.1. The fourth-order valence-corrected chi connectivity index (χ4v) is 3.84. The van der Waals surface area contributed by atoms with Crippen LogP contribution in [0.5, 0.6) is 5.75 Å². The van der Waals surface area contributed by atoms with Crippen molar-refractivity contribution in [3.63, 3.8) is 0 Å². The lowest BCUT2D eigenvalue weighted by Gasteiger charge is -2.33. The Hall–Kier alpha value is -2.12. The largest absolute Gasteiger partial charge is 0.491 e. The van der Waals surface area contributed by atoms with Gasteiger partial charge in [0.2, 0.25) is 5.91 Å². The molecule has 1 aromatic carbocycles.